The molecule has 0 fully saturated rings. The van der Waals surface area contributed by atoms with Gasteiger partial charge in [-0.2, -0.15) is 0 Å². The average Bonchev–Trinajstić information content (AvgIpc) is 3.08. The van der Waals surface area contributed by atoms with Gasteiger partial charge in [-0.25, -0.2) is 4.39 Å². The van der Waals surface area contributed by atoms with Crippen LogP contribution >= 0.6 is 11.8 Å². The molecule has 26 heavy (non-hydrogen) atoms. The van der Waals surface area contributed by atoms with Crippen molar-refractivity contribution in [2.75, 3.05) is 7.11 Å². The maximum atomic E-state index is 13.7. The molecule has 0 saturated carbocycles. The Kier molecular flexibility index (Phi) is 5.32. The number of rotatable bonds is 5. The number of hydrogen-bond acceptors (Lipinski definition) is 5. The molecule has 1 heterocycles. The third kappa shape index (κ3) is 4.25. The molecule has 0 N–H and O–H groups in total. The summed E-state index contributed by atoms with van der Waals surface area (Å²) < 4.78 is 24.4. The molecule has 4 nitrogen and oxygen atoms in total. The first-order valence-electron chi connectivity index (χ1n) is 8.26. The van der Waals surface area contributed by atoms with Gasteiger partial charge in [-0.05, 0) is 40.8 Å². The normalized spacial score (nSPS) is 11.6. The molecule has 1 aromatic heterocycles. The van der Waals surface area contributed by atoms with E-state index < -0.39 is 0 Å². The van der Waals surface area contributed by atoms with E-state index in [1.165, 1.54) is 30.5 Å². The fourth-order valence-corrected chi connectivity index (χ4v) is 3.15. The van der Waals surface area contributed by atoms with Crippen molar-refractivity contribution in [3.05, 3.63) is 59.4 Å². The van der Waals surface area contributed by atoms with E-state index in [0.717, 1.165) is 11.1 Å². The molecular weight excluding hydrogens is 351 g/mol. The van der Waals surface area contributed by atoms with Crippen molar-refractivity contribution in [3.8, 4) is 17.2 Å². The second kappa shape index (κ2) is 7.50. The lowest BCUT2D eigenvalue weighted by atomic mass is 9.87. The second-order valence-electron chi connectivity index (χ2n) is 6.96. The Morgan fingerprint density at radius 1 is 1.08 bits per heavy atom. The lowest BCUT2D eigenvalue weighted by Crippen LogP contribution is -2.10. The summed E-state index contributed by atoms with van der Waals surface area (Å²) in [6, 6.07) is 13.0. The summed E-state index contributed by atoms with van der Waals surface area (Å²) in [5.74, 6) is 0.869. The molecule has 0 radical (unpaired) electrons. The fraction of sp³-hybridized carbons (Fsp3) is 0.300. The number of aromatic nitrogens is 2. The summed E-state index contributed by atoms with van der Waals surface area (Å²) in [4.78, 5) is 0. The van der Waals surface area contributed by atoms with Gasteiger partial charge in [-0.1, -0.05) is 50.7 Å². The molecule has 0 aliphatic carbocycles. The first-order valence-corrected chi connectivity index (χ1v) is 9.25. The van der Waals surface area contributed by atoms with Crippen LogP contribution in [-0.4, -0.2) is 17.3 Å². The van der Waals surface area contributed by atoms with Gasteiger partial charge in [-0.3, -0.25) is 0 Å². The highest BCUT2D eigenvalue weighted by Gasteiger charge is 2.15. The Labute approximate surface area is 156 Å². The Bertz CT molecular complexity index is 886. The summed E-state index contributed by atoms with van der Waals surface area (Å²) in [6.07, 6.45) is 0. The quantitative estimate of drug-likeness (QED) is 0.556. The van der Waals surface area contributed by atoms with Gasteiger partial charge in [-0.15, -0.1) is 10.2 Å². The average molecular weight is 372 g/mol. The van der Waals surface area contributed by atoms with Gasteiger partial charge < -0.3 is 9.15 Å². The van der Waals surface area contributed by atoms with Crippen LogP contribution in [0.1, 0.15) is 31.9 Å². The lowest BCUT2D eigenvalue weighted by molar-refractivity contribution is 0.386. The lowest BCUT2D eigenvalue weighted by Gasteiger charge is -2.18. The second-order valence-corrected chi connectivity index (χ2v) is 7.88. The molecule has 0 bridgehead atoms. The number of hydrogen-bond donors (Lipinski definition) is 0. The number of ether oxygens (including phenoxy) is 1. The number of benzene rings is 2. The van der Waals surface area contributed by atoms with Gasteiger partial charge in [0.2, 0.25) is 5.89 Å². The van der Waals surface area contributed by atoms with Crippen LogP contribution < -0.4 is 4.74 Å². The molecule has 136 valence electrons. The molecule has 0 spiro atoms. The molecule has 0 saturated heterocycles. The Hall–Kier alpha value is -2.34. The minimum atomic E-state index is -0.379. The maximum Gasteiger partial charge on any atom is 0.277 e. The van der Waals surface area contributed by atoms with Crippen molar-refractivity contribution >= 4 is 11.8 Å². The number of thioether (sulfide) groups is 1. The fourth-order valence-electron chi connectivity index (χ4n) is 2.44. The molecule has 2 aromatic carbocycles. The van der Waals surface area contributed by atoms with Gasteiger partial charge in [0.25, 0.3) is 5.22 Å². The van der Waals surface area contributed by atoms with E-state index >= 15 is 0 Å². The SMILES string of the molecule is COc1ccc(CSc2nnc(-c3ccc(C(C)(C)C)cc3)o2)cc1F. The minimum absolute atomic E-state index is 0.0992. The van der Waals surface area contributed by atoms with Crippen LogP contribution in [0, 0.1) is 5.82 Å². The van der Waals surface area contributed by atoms with Crippen molar-refractivity contribution in [2.24, 2.45) is 0 Å². The zero-order valence-electron chi connectivity index (χ0n) is 15.2. The topological polar surface area (TPSA) is 48.2 Å². The predicted octanol–water partition coefficient (Wildman–Crippen LogP) is 5.47. The van der Waals surface area contributed by atoms with E-state index in [1.807, 2.05) is 18.2 Å². The van der Waals surface area contributed by atoms with Crippen molar-refractivity contribution in [1.82, 2.24) is 10.2 Å². The van der Waals surface area contributed by atoms with Crippen LogP contribution in [-0.2, 0) is 11.2 Å². The summed E-state index contributed by atoms with van der Waals surface area (Å²) >= 11 is 1.37. The number of methoxy groups -OCH3 is 1. The van der Waals surface area contributed by atoms with E-state index in [1.54, 1.807) is 6.07 Å². The first-order chi connectivity index (χ1) is 12.4. The molecule has 0 atom stereocenters. The summed E-state index contributed by atoms with van der Waals surface area (Å²) in [7, 11) is 1.45. The van der Waals surface area contributed by atoms with E-state index in [-0.39, 0.29) is 17.0 Å². The van der Waals surface area contributed by atoms with Crippen molar-refractivity contribution in [2.45, 2.75) is 37.2 Å². The largest absolute Gasteiger partial charge is 0.494 e. The van der Waals surface area contributed by atoms with Crippen LogP contribution in [0.15, 0.2) is 52.1 Å². The van der Waals surface area contributed by atoms with Gasteiger partial charge >= 0.3 is 0 Å². The van der Waals surface area contributed by atoms with Crippen LogP contribution in [0.4, 0.5) is 4.39 Å². The van der Waals surface area contributed by atoms with Crippen LogP contribution in [0.3, 0.4) is 0 Å². The van der Waals surface area contributed by atoms with Crippen molar-refractivity contribution < 1.29 is 13.5 Å². The Morgan fingerprint density at radius 3 is 2.42 bits per heavy atom. The van der Waals surface area contributed by atoms with Crippen molar-refractivity contribution in [1.29, 1.82) is 0 Å². The van der Waals surface area contributed by atoms with Gasteiger partial charge in [0, 0.05) is 11.3 Å². The molecule has 0 unspecified atom stereocenters. The highest BCUT2D eigenvalue weighted by molar-refractivity contribution is 7.98. The minimum Gasteiger partial charge on any atom is -0.494 e. The third-order valence-corrected chi connectivity index (χ3v) is 4.87. The smallest absolute Gasteiger partial charge is 0.277 e. The van der Waals surface area contributed by atoms with Crippen LogP contribution in [0.2, 0.25) is 0 Å². The zero-order valence-corrected chi connectivity index (χ0v) is 16.1. The summed E-state index contributed by atoms with van der Waals surface area (Å²) in [5.41, 5.74) is 3.05. The molecule has 3 aromatic rings. The molecule has 6 heteroatoms. The highest BCUT2D eigenvalue weighted by atomic mass is 32.2. The van der Waals surface area contributed by atoms with E-state index in [9.17, 15) is 4.39 Å². The van der Waals surface area contributed by atoms with Crippen LogP contribution in [0.25, 0.3) is 11.5 Å². The summed E-state index contributed by atoms with van der Waals surface area (Å²) in [6.45, 7) is 6.52. The van der Waals surface area contributed by atoms with Gasteiger partial charge in [0.15, 0.2) is 11.6 Å². The maximum absolute atomic E-state index is 13.7. The molecule has 0 amide bonds. The van der Waals surface area contributed by atoms with Crippen molar-refractivity contribution in [3.63, 3.8) is 0 Å². The molecule has 0 aliphatic rings. The standard InChI is InChI=1S/C20H21FN2O2S/c1-20(2,3)15-8-6-14(7-9-15)18-22-23-19(25-18)26-12-13-5-10-17(24-4)16(21)11-13/h5-11H,12H2,1-4H3. The molecule has 3 rings (SSSR count). The van der Waals surface area contributed by atoms with E-state index in [0.29, 0.717) is 16.9 Å². The van der Waals surface area contributed by atoms with Crippen LogP contribution in [0.5, 0.6) is 5.75 Å². The molecular formula is C20H21FN2O2S. The third-order valence-electron chi connectivity index (χ3n) is 3.98. The number of nitrogens with zero attached hydrogens (tertiary/aromatic N) is 2. The van der Waals surface area contributed by atoms with Gasteiger partial charge in [0.1, 0.15) is 0 Å². The predicted molar refractivity (Wildman–Crippen MR) is 101 cm³/mol. The Morgan fingerprint density at radius 2 is 1.81 bits per heavy atom. The monoisotopic (exact) mass is 372 g/mol. The number of halogens is 1. The Balaban J connectivity index is 1.67. The molecule has 0 aliphatic heterocycles. The van der Waals surface area contributed by atoms with E-state index in [4.69, 9.17) is 9.15 Å². The first kappa shape index (κ1) is 18.5. The summed E-state index contributed by atoms with van der Waals surface area (Å²) in [5, 5.41) is 8.62. The van der Waals surface area contributed by atoms with Gasteiger partial charge in [0.05, 0.1) is 7.11 Å². The zero-order chi connectivity index (χ0) is 18.7. The van der Waals surface area contributed by atoms with E-state index in [2.05, 4.69) is 43.1 Å². The highest BCUT2D eigenvalue weighted by Crippen LogP contribution is 2.29.